The molecule has 1 aliphatic rings. The summed E-state index contributed by atoms with van der Waals surface area (Å²) in [4.78, 5) is 0. The molecule has 0 unspecified atom stereocenters. The zero-order valence-corrected chi connectivity index (χ0v) is 9.27. The van der Waals surface area contributed by atoms with Crippen LogP contribution >= 0.6 is 0 Å². The topological polar surface area (TPSA) is 79.2 Å². The molecule has 0 amide bonds. The van der Waals surface area contributed by atoms with Crippen molar-refractivity contribution in [1.29, 1.82) is 0 Å². The van der Waals surface area contributed by atoms with E-state index in [0.717, 1.165) is 5.56 Å². The quantitative estimate of drug-likeness (QED) is 0.670. The molecule has 0 saturated carbocycles. The molecular weight excluding hydrogens is 224 g/mol. The van der Waals surface area contributed by atoms with Gasteiger partial charge in [-0.25, -0.2) is 0 Å². The van der Waals surface area contributed by atoms with Crippen molar-refractivity contribution >= 4 is 0 Å². The van der Waals surface area contributed by atoms with E-state index in [9.17, 15) is 10.2 Å². The van der Waals surface area contributed by atoms with Crippen LogP contribution in [-0.4, -0.2) is 46.5 Å². The minimum absolute atomic E-state index is 0.298. The van der Waals surface area contributed by atoms with E-state index in [2.05, 4.69) is 0 Å². The highest BCUT2D eigenvalue weighted by atomic mass is 16.7. The van der Waals surface area contributed by atoms with Crippen LogP contribution < -0.4 is 0 Å². The van der Waals surface area contributed by atoms with Gasteiger partial charge >= 0.3 is 0 Å². The van der Waals surface area contributed by atoms with Crippen LogP contribution in [-0.2, 0) is 16.1 Å². The molecule has 5 nitrogen and oxygen atoms in total. The van der Waals surface area contributed by atoms with E-state index in [1.807, 2.05) is 30.3 Å². The first-order valence-electron chi connectivity index (χ1n) is 5.50. The number of benzene rings is 1. The van der Waals surface area contributed by atoms with Gasteiger partial charge in [-0.15, -0.1) is 0 Å². The first kappa shape index (κ1) is 12.5. The van der Waals surface area contributed by atoms with Gasteiger partial charge in [-0.1, -0.05) is 30.3 Å². The van der Waals surface area contributed by atoms with Gasteiger partial charge in [-0.05, 0) is 5.56 Å². The van der Waals surface area contributed by atoms with E-state index in [1.165, 1.54) is 0 Å². The highest BCUT2D eigenvalue weighted by Gasteiger charge is 2.43. The zero-order chi connectivity index (χ0) is 12.3. The van der Waals surface area contributed by atoms with Gasteiger partial charge < -0.3 is 24.8 Å². The van der Waals surface area contributed by atoms with Gasteiger partial charge in [-0.3, -0.25) is 0 Å². The van der Waals surface area contributed by atoms with Crippen LogP contribution in [0.15, 0.2) is 30.3 Å². The molecule has 1 aromatic rings. The second-order valence-electron chi connectivity index (χ2n) is 4.00. The lowest BCUT2D eigenvalue weighted by atomic mass is 10.1. The number of hydrogen-bond acceptors (Lipinski definition) is 5. The Morgan fingerprint density at radius 3 is 2.53 bits per heavy atom. The molecule has 1 saturated heterocycles. The maximum absolute atomic E-state index is 9.63. The zero-order valence-electron chi connectivity index (χ0n) is 9.27. The van der Waals surface area contributed by atoms with Crippen molar-refractivity contribution in [2.24, 2.45) is 0 Å². The minimum Gasteiger partial charge on any atom is -0.394 e. The molecule has 0 aromatic heterocycles. The summed E-state index contributed by atoms with van der Waals surface area (Å²) in [5.74, 6) is 0. The summed E-state index contributed by atoms with van der Waals surface area (Å²) in [6.45, 7) is 0.00270. The van der Waals surface area contributed by atoms with Crippen molar-refractivity contribution in [3.63, 3.8) is 0 Å². The average molecular weight is 240 g/mol. The number of rotatable bonds is 4. The third-order valence-electron chi connectivity index (χ3n) is 2.77. The largest absolute Gasteiger partial charge is 0.394 e. The highest BCUT2D eigenvalue weighted by Crippen LogP contribution is 2.23. The Morgan fingerprint density at radius 1 is 1.18 bits per heavy atom. The van der Waals surface area contributed by atoms with Crippen molar-refractivity contribution in [2.45, 2.75) is 31.2 Å². The number of hydrogen-bond donors (Lipinski definition) is 3. The van der Waals surface area contributed by atoms with Crippen LogP contribution in [0.25, 0.3) is 0 Å². The Morgan fingerprint density at radius 2 is 1.88 bits per heavy atom. The summed E-state index contributed by atoms with van der Waals surface area (Å²) in [5.41, 5.74) is 0.956. The molecule has 0 radical (unpaired) electrons. The summed E-state index contributed by atoms with van der Waals surface area (Å²) in [7, 11) is 0. The lowest BCUT2D eigenvalue weighted by molar-refractivity contribution is -0.132. The molecule has 1 aliphatic heterocycles. The van der Waals surface area contributed by atoms with Crippen LogP contribution in [0.2, 0.25) is 0 Å². The SMILES string of the molecule is OC[C@H]1O[C@H](O)[C@H](O)[C@H]1OCc1ccccc1. The van der Waals surface area contributed by atoms with Gasteiger partial charge in [-0.2, -0.15) is 0 Å². The van der Waals surface area contributed by atoms with Crippen LogP contribution in [0.4, 0.5) is 0 Å². The summed E-state index contributed by atoms with van der Waals surface area (Å²) in [6, 6.07) is 9.47. The molecule has 0 aliphatic carbocycles. The van der Waals surface area contributed by atoms with Gasteiger partial charge in [0.25, 0.3) is 0 Å². The molecule has 94 valence electrons. The van der Waals surface area contributed by atoms with Crippen molar-refractivity contribution < 1.29 is 24.8 Å². The first-order chi connectivity index (χ1) is 8.22. The van der Waals surface area contributed by atoms with Gasteiger partial charge in [0.1, 0.15) is 18.3 Å². The van der Waals surface area contributed by atoms with Crippen LogP contribution in [0.1, 0.15) is 5.56 Å². The van der Waals surface area contributed by atoms with Crippen molar-refractivity contribution in [2.75, 3.05) is 6.61 Å². The van der Waals surface area contributed by atoms with Gasteiger partial charge in [0, 0.05) is 0 Å². The van der Waals surface area contributed by atoms with Crippen LogP contribution in [0.3, 0.4) is 0 Å². The molecule has 0 spiro atoms. The van der Waals surface area contributed by atoms with Crippen LogP contribution in [0.5, 0.6) is 0 Å². The number of ether oxygens (including phenoxy) is 2. The molecular formula is C12H16O5. The highest BCUT2D eigenvalue weighted by molar-refractivity contribution is 5.13. The van der Waals surface area contributed by atoms with E-state index in [4.69, 9.17) is 14.6 Å². The molecule has 1 aromatic carbocycles. The molecule has 2 rings (SSSR count). The predicted octanol–water partition coefficient (Wildman–Crippen LogP) is -0.358. The Balaban J connectivity index is 1.93. The molecule has 4 atom stereocenters. The second kappa shape index (κ2) is 5.57. The third-order valence-corrected chi connectivity index (χ3v) is 2.77. The van der Waals surface area contributed by atoms with Crippen molar-refractivity contribution in [3.8, 4) is 0 Å². The van der Waals surface area contributed by atoms with Gasteiger partial charge in [0.2, 0.25) is 0 Å². The van der Waals surface area contributed by atoms with Gasteiger partial charge in [0.15, 0.2) is 6.29 Å². The normalized spacial score (nSPS) is 32.9. The maximum Gasteiger partial charge on any atom is 0.184 e. The molecule has 5 heteroatoms. The van der Waals surface area contributed by atoms with Crippen molar-refractivity contribution in [3.05, 3.63) is 35.9 Å². The third kappa shape index (κ3) is 2.83. The predicted molar refractivity (Wildman–Crippen MR) is 59.0 cm³/mol. The van der Waals surface area contributed by atoms with E-state index < -0.39 is 24.6 Å². The molecule has 1 heterocycles. The lowest BCUT2D eigenvalue weighted by Crippen LogP contribution is -2.36. The fraction of sp³-hybridized carbons (Fsp3) is 0.500. The fourth-order valence-electron chi connectivity index (χ4n) is 1.84. The van der Waals surface area contributed by atoms with E-state index in [-0.39, 0.29) is 6.61 Å². The minimum atomic E-state index is -1.30. The molecule has 0 bridgehead atoms. The van der Waals surface area contributed by atoms with Crippen molar-refractivity contribution in [1.82, 2.24) is 0 Å². The number of aliphatic hydroxyl groups excluding tert-OH is 3. The Labute approximate surface area is 99.2 Å². The first-order valence-corrected chi connectivity index (χ1v) is 5.50. The van der Waals surface area contributed by atoms with E-state index in [1.54, 1.807) is 0 Å². The Kier molecular flexibility index (Phi) is 4.09. The summed E-state index contributed by atoms with van der Waals surface area (Å²) in [6.07, 6.45) is -3.83. The second-order valence-corrected chi connectivity index (χ2v) is 4.00. The standard InChI is InChI=1S/C12H16O5/c13-6-9-11(10(14)12(15)17-9)16-7-8-4-2-1-3-5-8/h1-5,9-15H,6-7H2/t9-,10-,11+,12+/m1/s1. The molecule has 3 N–H and O–H groups in total. The average Bonchev–Trinajstić information content (AvgIpc) is 2.64. The monoisotopic (exact) mass is 240 g/mol. The number of aliphatic hydroxyl groups is 3. The lowest BCUT2D eigenvalue weighted by Gasteiger charge is -2.19. The summed E-state index contributed by atoms with van der Waals surface area (Å²) < 4.78 is 10.4. The Hall–Kier alpha value is -0.980. The smallest absolute Gasteiger partial charge is 0.184 e. The molecule has 1 fully saturated rings. The molecule has 17 heavy (non-hydrogen) atoms. The van der Waals surface area contributed by atoms with E-state index in [0.29, 0.717) is 6.61 Å². The van der Waals surface area contributed by atoms with Gasteiger partial charge in [0.05, 0.1) is 13.2 Å². The van der Waals surface area contributed by atoms with Crippen LogP contribution in [0, 0.1) is 0 Å². The Bertz CT molecular complexity index is 342. The summed E-state index contributed by atoms with van der Waals surface area (Å²) >= 11 is 0. The van der Waals surface area contributed by atoms with E-state index >= 15 is 0 Å². The summed E-state index contributed by atoms with van der Waals surface area (Å²) in [5, 5.41) is 28.0. The maximum atomic E-state index is 9.63. The fourth-order valence-corrected chi connectivity index (χ4v) is 1.84.